The van der Waals surface area contributed by atoms with Gasteiger partial charge in [-0.1, -0.05) is 12.1 Å². The van der Waals surface area contributed by atoms with Crippen molar-refractivity contribution in [3.8, 4) is 5.75 Å². The second-order valence-corrected chi connectivity index (χ2v) is 6.10. The van der Waals surface area contributed by atoms with Crippen LogP contribution < -0.4 is 9.64 Å². The zero-order valence-corrected chi connectivity index (χ0v) is 14.3. The Labute approximate surface area is 149 Å². The van der Waals surface area contributed by atoms with Crippen molar-refractivity contribution >= 4 is 22.7 Å². The van der Waals surface area contributed by atoms with Gasteiger partial charge in [0, 0.05) is 31.6 Å². The van der Waals surface area contributed by atoms with Gasteiger partial charge in [0.05, 0.1) is 13.3 Å². The molecule has 0 bridgehead atoms. The SMILES string of the molecule is COc1cccc2cc(C(=O)N3CCN(c4ccc(F)cn4)CC3)oc12. The summed E-state index contributed by atoms with van der Waals surface area (Å²) >= 11 is 0. The predicted octanol–water partition coefficient (Wildman–Crippen LogP) is 2.94. The average molecular weight is 355 g/mol. The molecule has 0 N–H and O–H groups in total. The Morgan fingerprint density at radius 3 is 2.69 bits per heavy atom. The van der Waals surface area contributed by atoms with Crippen molar-refractivity contribution in [1.29, 1.82) is 0 Å². The Kier molecular flexibility index (Phi) is 4.20. The Balaban J connectivity index is 1.47. The molecule has 0 spiro atoms. The minimum Gasteiger partial charge on any atom is -0.493 e. The van der Waals surface area contributed by atoms with Gasteiger partial charge in [-0.3, -0.25) is 4.79 Å². The van der Waals surface area contributed by atoms with Crippen LogP contribution in [-0.2, 0) is 0 Å². The highest BCUT2D eigenvalue weighted by atomic mass is 19.1. The van der Waals surface area contributed by atoms with Crippen molar-refractivity contribution in [2.75, 3.05) is 38.2 Å². The van der Waals surface area contributed by atoms with E-state index in [-0.39, 0.29) is 11.7 Å². The summed E-state index contributed by atoms with van der Waals surface area (Å²) in [5, 5.41) is 0.835. The third kappa shape index (κ3) is 2.96. The van der Waals surface area contributed by atoms with E-state index in [0.29, 0.717) is 49.1 Å². The van der Waals surface area contributed by atoms with Gasteiger partial charge in [0.2, 0.25) is 0 Å². The fourth-order valence-corrected chi connectivity index (χ4v) is 3.15. The lowest BCUT2D eigenvalue weighted by Crippen LogP contribution is -2.49. The van der Waals surface area contributed by atoms with Gasteiger partial charge >= 0.3 is 0 Å². The normalized spacial score (nSPS) is 14.7. The highest BCUT2D eigenvalue weighted by Crippen LogP contribution is 2.29. The van der Waals surface area contributed by atoms with Gasteiger partial charge in [-0.25, -0.2) is 9.37 Å². The van der Waals surface area contributed by atoms with Crippen LogP contribution in [0.3, 0.4) is 0 Å². The lowest BCUT2D eigenvalue weighted by atomic mass is 10.2. The number of fused-ring (bicyclic) bond motifs is 1. The van der Waals surface area contributed by atoms with E-state index in [2.05, 4.69) is 4.98 Å². The van der Waals surface area contributed by atoms with Crippen LogP contribution in [0.15, 0.2) is 47.0 Å². The minimum absolute atomic E-state index is 0.144. The van der Waals surface area contributed by atoms with Crippen LogP contribution in [-0.4, -0.2) is 49.1 Å². The molecule has 6 nitrogen and oxygen atoms in total. The molecule has 1 amide bonds. The number of benzene rings is 1. The van der Waals surface area contributed by atoms with E-state index < -0.39 is 0 Å². The van der Waals surface area contributed by atoms with Crippen LogP contribution in [0.5, 0.6) is 5.75 Å². The summed E-state index contributed by atoms with van der Waals surface area (Å²) in [5.41, 5.74) is 0.576. The number of carbonyl (C=O) groups is 1. The average Bonchev–Trinajstić information content (AvgIpc) is 3.12. The van der Waals surface area contributed by atoms with Crippen molar-refractivity contribution < 1.29 is 18.3 Å². The van der Waals surface area contributed by atoms with Crippen LogP contribution >= 0.6 is 0 Å². The first-order valence-corrected chi connectivity index (χ1v) is 8.38. The van der Waals surface area contributed by atoms with Crippen LogP contribution in [0.4, 0.5) is 10.2 Å². The third-order valence-electron chi connectivity index (χ3n) is 4.54. The van der Waals surface area contributed by atoms with Crippen LogP contribution in [0.2, 0.25) is 0 Å². The standard InChI is InChI=1S/C19H18FN3O3/c1-25-15-4-2-3-13-11-16(26-18(13)15)19(24)23-9-7-22(8-10-23)17-6-5-14(20)12-21-17/h2-6,11-12H,7-10H2,1H3. The van der Waals surface area contributed by atoms with E-state index in [1.54, 1.807) is 30.2 Å². The largest absolute Gasteiger partial charge is 0.493 e. The van der Waals surface area contributed by atoms with Gasteiger partial charge in [-0.05, 0) is 24.3 Å². The second kappa shape index (κ2) is 6.67. The molecular formula is C19H18FN3O3. The monoisotopic (exact) mass is 355 g/mol. The molecule has 7 heteroatoms. The van der Waals surface area contributed by atoms with Gasteiger partial charge in [0.25, 0.3) is 5.91 Å². The lowest BCUT2D eigenvalue weighted by Gasteiger charge is -2.34. The van der Waals surface area contributed by atoms with E-state index >= 15 is 0 Å². The number of anilines is 1. The zero-order chi connectivity index (χ0) is 18.1. The number of methoxy groups -OCH3 is 1. The molecule has 3 aromatic rings. The summed E-state index contributed by atoms with van der Waals surface area (Å²) in [7, 11) is 1.57. The van der Waals surface area contributed by atoms with Gasteiger partial charge in [-0.15, -0.1) is 0 Å². The van der Waals surface area contributed by atoms with Gasteiger partial charge in [0.1, 0.15) is 11.6 Å². The molecule has 1 fully saturated rings. The summed E-state index contributed by atoms with van der Waals surface area (Å²) in [6.45, 7) is 2.36. The van der Waals surface area contributed by atoms with Crippen molar-refractivity contribution in [3.63, 3.8) is 0 Å². The first kappa shape index (κ1) is 16.4. The van der Waals surface area contributed by atoms with Gasteiger partial charge in [-0.2, -0.15) is 0 Å². The molecule has 26 heavy (non-hydrogen) atoms. The number of carbonyl (C=O) groups excluding carboxylic acids is 1. The van der Waals surface area contributed by atoms with Crippen LogP contribution in [0, 0.1) is 5.82 Å². The minimum atomic E-state index is -0.358. The molecule has 1 aliphatic heterocycles. The number of halogens is 1. The number of amides is 1. The number of nitrogens with zero attached hydrogens (tertiary/aromatic N) is 3. The molecule has 0 radical (unpaired) electrons. The number of aromatic nitrogens is 1. The smallest absolute Gasteiger partial charge is 0.289 e. The molecule has 4 rings (SSSR count). The van der Waals surface area contributed by atoms with Crippen LogP contribution in [0.1, 0.15) is 10.6 Å². The highest BCUT2D eigenvalue weighted by Gasteiger charge is 2.25. The predicted molar refractivity (Wildman–Crippen MR) is 95.1 cm³/mol. The molecule has 134 valence electrons. The fourth-order valence-electron chi connectivity index (χ4n) is 3.15. The quantitative estimate of drug-likeness (QED) is 0.723. The summed E-state index contributed by atoms with van der Waals surface area (Å²) in [6.07, 6.45) is 1.20. The van der Waals surface area contributed by atoms with Gasteiger partial charge in [0.15, 0.2) is 17.1 Å². The van der Waals surface area contributed by atoms with Crippen molar-refractivity contribution in [3.05, 3.63) is 54.2 Å². The first-order valence-electron chi connectivity index (χ1n) is 8.38. The number of furan rings is 1. The number of hydrogen-bond donors (Lipinski definition) is 0. The lowest BCUT2D eigenvalue weighted by molar-refractivity contribution is 0.0716. The zero-order valence-electron chi connectivity index (χ0n) is 14.3. The first-order chi connectivity index (χ1) is 12.7. The number of pyridine rings is 1. The molecular weight excluding hydrogens is 337 g/mol. The summed E-state index contributed by atoms with van der Waals surface area (Å²) in [4.78, 5) is 20.6. The van der Waals surface area contributed by atoms with E-state index in [0.717, 1.165) is 5.39 Å². The molecule has 0 unspecified atom stereocenters. The van der Waals surface area contributed by atoms with Gasteiger partial charge < -0.3 is 19.0 Å². The van der Waals surface area contributed by atoms with E-state index in [1.807, 2.05) is 17.0 Å². The Bertz CT molecular complexity index is 931. The van der Waals surface area contributed by atoms with Crippen molar-refractivity contribution in [2.45, 2.75) is 0 Å². The summed E-state index contributed by atoms with van der Waals surface area (Å²) in [6, 6.07) is 10.3. The number of hydrogen-bond acceptors (Lipinski definition) is 5. The third-order valence-corrected chi connectivity index (χ3v) is 4.54. The van der Waals surface area contributed by atoms with E-state index in [1.165, 1.54) is 12.3 Å². The van der Waals surface area contributed by atoms with Crippen molar-refractivity contribution in [2.24, 2.45) is 0 Å². The van der Waals surface area contributed by atoms with Crippen molar-refractivity contribution in [1.82, 2.24) is 9.88 Å². The van der Waals surface area contributed by atoms with E-state index in [9.17, 15) is 9.18 Å². The topological polar surface area (TPSA) is 58.8 Å². The molecule has 1 aliphatic rings. The Hall–Kier alpha value is -3.09. The van der Waals surface area contributed by atoms with Crippen LogP contribution in [0.25, 0.3) is 11.0 Å². The molecule has 0 saturated carbocycles. The fraction of sp³-hybridized carbons (Fsp3) is 0.263. The molecule has 1 aromatic carbocycles. The number of piperazine rings is 1. The summed E-state index contributed by atoms with van der Waals surface area (Å²) in [5.74, 6) is 1.12. The molecule has 0 atom stereocenters. The maximum atomic E-state index is 13.0. The number of para-hydroxylation sites is 1. The molecule has 3 heterocycles. The molecule has 0 aliphatic carbocycles. The number of rotatable bonds is 3. The van der Waals surface area contributed by atoms with E-state index in [4.69, 9.17) is 9.15 Å². The maximum absolute atomic E-state index is 13.0. The highest BCUT2D eigenvalue weighted by molar-refractivity contribution is 5.97. The number of ether oxygens (including phenoxy) is 1. The molecule has 1 saturated heterocycles. The summed E-state index contributed by atoms with van der Waals surface area (Å²) < 4.78 is 24.0. The maximum Gasteiger partial charge on any atom is 0.289 e. The second-order valence-electron chi connectivity index (χ2n) is 6.10. The Morgan fingerprint density at radius 1 is 1.19 bits per heavy atom. The molecule has 2 aromatic heterocycles. The Morgan fingerprint density at radius 2 is 2.00 bits per heavy atom.